The minimum atomic E-state index is -3.42. The smallest absolute Gasteiger partial charge is 0.232 e. The Kier molecular flexibility index (Phi) is 7.48. The van der Waals surface area contributed by atoms with Crippen molar-refractivity contribution in [3.8, 4) is 0 Å². The summed E-state index contributed by atoms with van der Waals surface area (Å²) in [4.78, 5) is 11.9. The van der Waals surface area contributed by atoms with Gasteiger partial charge in [-0.25, -0.2) is 8.42 Å². The summed E-state index contributed by atoms with van der Waals surface area (Å²) in [7, 11) is -3.42. The van der Waals surface area contributed by atoms with Gasteiger partial charge in [0.2, 0.25) is 15.9 Å². The molecule has 1 amide bonds. The standard InChI is InChI=1S/C19H23ClN2O3S/c1-26(24,25)22(18-11-9-17(20)10-12-18)15-5-8-19(23)21-14-13-16-6-3-2-4-7-16/h2-4,6-7,9-12H,5,8,13-15H2,1H3,(H,21,23). The van der Waals surface area contributed by atoms with Crippen LogP contribution in [0.5, 0.6) is 0 Å². The molecule has 0 fully saturated rings. The lowest BCUT2D eigenvalue weighted by Crippen LogP contribution is -2.32. The maximum absolute atomic E-state index is 12.0. The van der Waals surface area contributed by atoms with Gasteiger partial charge in [-0.3, -0.25) is 9.10 Å². The largest absolute Gasteiger partial charge is 0.356 e. The van der Waals surface area contributed by atoms with Crippen molar-refractivity contribution in [2.24, 2.45) is 0 Å². The number of hydrogen-bond acceptors (Lipinski definition) is 3. The molecule has 140 valence electrons. The fourth-order valence-corrected chi connectivity index (χ4v) is 3.65. The third-order valence-electron chi connectivity index (χ3n) is 3.86. The molecule has 7 heteroatoms. The lowest BCUT2D eigenvalue weighted by Gasteiger charge is -2.22. The molecule has 2 rings (SSSR count). The topological polar surface area (TPSA) is 66.5 Å². The van der Waals surface area contributed by atoms with E-state index in [1.165, 1.54) is 9.87 Å². The first kappa shape index (κ1) is 20.3. The molecule has 0 aliphatic heterocycles. The molecule has 0 bridgehead atoms. The molecular weight excluding hydrogens is 372 g/mol. The van der Waals surface area contributed by atoms with Crippen LogP contribution in [0.2, 0.25) is 5.02 Å². The molecule has 2 aromatic carbocycles. The number of anilines is 1. The van der Waals surface area contributed by atoms with Crippen LogP contribution in [0.25, 0.3) is 0 Å². The summed E-state index contributed by atoms with van der Waals surface area (Å²) >= 11 is 5.85. The molecule has 0 aliphatic rings. The number of sulfonamides is 1. The molecule has 5 nitrogen and oxygen atoms in total. The third-order valence-corrected chi connectivity index (χ3v) is 5.30. The lowest BCUT2D eigenvalue weighted by atomic mass is 10.1. The Morgan fingerprint density at radius 3 is 2.35 bits per heavy atom. The van der Waals surface area contributed by atoms with Crippen molar-refractivity contribution in [3.63, 3.8) is 0 Å². The summed E-state index contributed by atoms with van der Waals surface area (Å²) in [6, 6.07) is 16.5. The minimum absolute atomic E-state index is 0.0783. The molecule has 0 atom stereocenters. The van der Waals surface area contributed by atoms with Gasteiger partial charge in [0.15, 0.2) is 0 Å². The van der Waals surface area contributed by atoms with Crippen LogP contribution >= 0.6 is 11.6 Å². The molecule has 2 aromatic rings. The van der Waals surface area contributed by atoms with Crippen LogP contribution in [-0.4, -0.2) is 33.7 Å². The van der Waals surface area contributed by atoms with Gasteiger partial charge in [-0.1, -0.05) is 41.9 Å². The summed E-state index contributed by atoms with van der Waals surface area (Å²) in [5.74, 6) is -0.0783. The molecule has 0 spiro atoms. The highest BCUT2D eigenvalue weighted by Crippen LogP contribution is 2.20. The van der Waals surface area contributed by atoms with E-state index in [4.69, 9.17) is 11.6 Å². The fraction of sp³-hybridized carbons (Fsp3) is 0.316. The Morgan fingerprint density at radius 2 is 1.73 bits per heavy atom. The van der Waals surface area contributed by atoms with E-state index in [1.807, 2.05) is 30.3 Å². The van der Waals surface area contributed by atoms with Crippen LogP contribution in [0, 0.1) is 0 Å². The first-order chi connectivity index (χ1) is 12.4. The van der Waals surface area contributed by atoms with Crippen LogP contribution < -0.4 is 9.62 Å². The maximum Gasteiger partial charge on any atom is 0.232 e. The van der Waals surface area contributed by atoms with Gasteiger partial charge in [0.1, 0.15) is 0 Å². The molecule has 0 radical (unpaired) electrons. The summed E-state index contributed by atoms with van der Waals surface area (Å²) < 4.78 is 25.3. The molecule has 0 heterocycles. The highest BCUT2D eigenvalue weighted by atomic mass is 35.5. The van der Waals surface area contributed by atoms with E-state index in [1.54, 1.807) is 24.3 Å². The molecule has 0 aromatic heterocycles. The van der Waals surface area contributed by atoms with Crippen LogP contribution in [0.4, 0.5) is 5.69 Å². The molecule has 1 N–H and O–H groups in total. The van der Waals surface area contributed by atoms with Gasteiger partial charge in [-0.2, -0.15) is 0 Å². The number of rotatable bonds is 9. The fourth-order valence-electron chi connectivity index (χ4n) is 2.56. The highest BCUT2D eigenvalue weighted by Gasteiger charge is 2.17. The number of hydrogen-bond donors (Lipinski definition) is 1. The van der Waals surface area contributed by atoms with E-state index in [-0.39, 0.29) is 18.9 Å². The molecule has 0 saturated heterocycles. The Bertz CT molecular complexity index is 808. The molecule has 0 unspecified atom stereocenters. The van der Waals surface area contributed by atoms with E-state index in [9.17, 15) is 13.2 Å². The third kappa shape index (κ3) is 6.69. The number of nitrogens with one attached hydrogen (secondary N) is 1. The van der Waals surface area contributed by atoms with Gasteiger partial charge in [0.25, 0.3) is 0 Å². The van der Waals surface area contributed by atoms with Crippen molar-refractivity contribution in [3.05, 3.63) is 65.2 Å². The van der Waals surface area contributed by atoms with Gasteiger partial charge in [0, 0.05) is 24.5 Å². The Morgan fingerprint density at radius 1 is 1.08 bits per heavy atom. The second kappa shape index (κ2) is 9.59. The summed E-state index contributed by atoms with van der Waals surface area (Å²) in [5, 5.41) is 3.41. The number of carbonyl (C=O) groups is 1. The second-order valence-corrected chi connectivity index (χ2v) is 8.34. The van der Waals surface area contributed by atoms with Crippen LogP contribution in [0.3, 0.4) is 0 Å². The Balaban J connectivity index is 1.79. The van der Waals surface area contributed by atoms with Gasteiger partial charge in [-0.05, 0) is 42.7 Å². The van der Waals surface area contributed by atoms with Gasteiger partial charge < -0.3 is 5.32 Å². The number of benzene rings is 2. The van der Waals surface area contributed by atoms with Gasteiger partial charge >= 0.3 is 0 Å². The SMILES string of the molecule is CS(=O)(=O)N(CCCC(=O)NCCc1ccccc1)c1ccc(Cl)cc1. The maximum atomic E-state index is 12.0. The van der Waals surface area contributed by atoms with Crippen molar-refractivity contribution in [1.29, 1.82) is 0 Å². The van der Waals surface area contributed by atoms with Gasteiger partial charge in [0.05, 0.1) is 11.9 Å². The van der Waals surface area contributed by atoms with Crippen LogP contribution in [0.1, 0.15) is 18.4 Å². The van der Waals surface area contributed by atoms with E-state index < -0.39 is 10.0 Å². The zero-order valence-electron chi connectivity index (χ0n) is 14.7. The molecule has 0 saturated carbocycles. The highest BCUT2D eigenvalue weighted by molar-refractivity contribution is 7.92. The lowest BCUT2D eigenvalue weighted by molar-refractivity contribution is -0.121. The predicted molar refractivity (Wildman–Crippen MR) is 106 cm³/mol. The average Bonchev–Trinajstić information content (AvgIpc) is 2.60. The average molecular weight is 395 g/mol. The molecular formula is C19H23ClN2O3S. The number of nitrogens with zero attached hydrogens (tertiary/aromatic N) is 1. The van der Waals surface area contributed by atoms with E-state index >= 15 is 0 Å². The van der Waals surface area contributed by atoms with Crippen LogP contribution in [-0.2, 0) is 21.2 Å². The Labute approximate surface area is 160 Å². The zero-order chi connectivity index (χ0) is 19.0. The summed E-state index contributed by atoms with van der Waals surface area (Å²) in [6.45, 7) is 0.808. The van der Waals surface area contributed by atoms with E-state index in [0.29, 0.717) is 23.7 Å². The van der Waals surface area contributed by atoms with Gasteiger partial charge in [-0.15, -0.1) is 0 Å². The number of amides is 1. The first-order valence-corrected chi connectivity index (χ1v) is 10.6. The minimum Gasteiger partial charge on any atom is -0.356 e. The van der Waals surface area contributed by atoms with Crippen molar-refractivity contribution in [1.82, 2.24) is 5.32 Å². The van der Waals surface area contributed by atoms with E-state index in [2.05, 4.69) is 5.32 Å². The number of carbonyl (C=O) groups excluding carboxylic acids is 1. The van der Waals surface area contributed by atoms with Crippen molar-refractivity contribution in [2.75, 3.05) is 23.7 Å². The summed E-state index contributed by atoms with van der Waals surface area (Å²) in [6.07, 6.45) is 2.63. The number of halogens is 1. The van der Waals surface area contributed by atoms with Crippen molar-refractivity contribution in [2.45, 2.75) is 19.3 Å². The Hall–Kier alpha value is -2.05. The molecule has 26 heavy (non-hydrogen) atoms. The first-order valence-electron chi connectivity index (χ1n) is 8.40. The van der Waals surface area contributed by atoms with Crippen LogP contribution in [0.15, 0.2) is 54.6 Å². The molecule has 0 aliphatic carbocycles. The van der Waals surface area contributed by atoms with Crippen molar-refractivity contribution >= 4 is 33.2 Å². The monoisotopic (exact) mass is 394 g/mol. The summed E-state index contributed by atoms with van der Waals surface area (Å²) in [5.41, 5.74) is 1.71. The van der Waals surface area contributed by atoms with E-state index in [0.717, 1.165) is 12.7 Å². The predicted octanol–water partition coefficient (Wildman–Crippen LogP) is 3.25. The normalized spacial score (nSPS) is 11.2. The quantitative estimate of drug-likeness (QED) is 0.709. The zero-order valence-corrected chi connectivity index (χ0v) is 16.3. The van der Waals surface area contributed by atoms with Crippen molar-refractivity contribution < 1.29 is 13.2 Å². The second-order valence-electron chi connectivity index (χ2n) is 6.00.